The van der Waals surface area contributed by atoms with Crippen LogP contribution in [0.4, 0.5) is 4.79 Å². The third-order valence-corrected chi connectivity index (χ3v) is 6.93. The molecule has 0 saturated heterocycles. The number of esters is 1. The second-order valence-corrected chi connectivity index (χ2v) is 9.35. The zero-order valence-electron chi connectivity index (χ0n) is 17.7. The number of amides is 2. The minimum absolute atomic E-state index is 0.0307. The maximum Gasteiger partial charge on any atom is 0.328 e. The van der Waals surface area contributed by atoms with E-state index in [-0.39, 0.29) is 23.5 Å². The van der Waals surface area contributed by atoms with Gasteiger partial charge < -0.3 is 14.6 Å². The number of hydrogen-bond donors (Lipinski definition) is 2. The Labute approximate surface area is 186 Å². The second-order valence-electron chi connectivity index (χ2n) is 7.67. The van der Waals surface area contributed by atoms with E-state index in [0.717, 1.165) is 22.2 Å². The highest BCUT2D eigenvalue weighted by molar-refractivity contribution is 7.90. The molecule has 2 amide bonds. The lowest BCUT2D eigenvalue weighted by atomic mass is 9.91. The first-order chi connectivity index (χ1) is 15.4. The Morgan fingerprint density at radius 2 is 1.81 bits per heavy atom. The van der Waals surface area contributed by atoms with Gasteiger partial charge in [0.05, 0.1) is 11.5 Å². The number of para-hydroxylation sites is 1. The molecular weight excluding hydrogens is 430 g/mol. The highest BCUT2D eigenvalue weighted by atomic mass is 32.2. The molecule has 4 rings (SSSR count). The fourth-order valence-electron chi connectivity index (χ4n) is 4.24. The van der Waals surface area contributed by atoms with Crippen molar-refractivity contribution in [3.63, 3.8) is 0 Å². The van der Waals surface area contributed by atoms with Gasteiger partial charge in [0.2, 0.25) is 0 Å². The summed E-state index contributed by atoms with van der Waals surface area (Å²) in [5.74, 6) is -0.290. The summed E-state index contributed by atoms with van der Waals surface area (Å²) >= 11 is 0. The number of nitrogens with one attached hydrogen (secondary N) is 2. The monoisotopic (exact) mass is 455 g/mol. The van der Waals surface area contributed by atoms with E-state index >= 15 is 0 Å². The first-order valence-electron chi connectivity index (χ1n) is 10.5. The number of rotatable bonds is 6. The Kier molecular flexibility index (Phi) is 6.18. The molecule has 0 aliphatic heterocycles. The van der Waals surface area contributed by atoms with E-state index in [4.69, 9.17) is 4.74 Å². The molecule has 0 bridgehead atoms. The van der Waals surface area contributed by atoms with E-state index in [1.54, 1.807) is 25.1 Å². The van der Waals surface area contributed by atoms with Gasteiger partial charge in [-0.05, 0) is 49.9 Å². The number of hydrogen-bond acceptors (Lipinski definition) is 5. The summed E-state index contributed by atoms with van der Waals surface area (Å²) < 4.78 is 34.0. The Morgan fingerprint density at radius 3 is 2.56 bits per heavy atom. The molecule has 2 aromatic carbocycles. The summed E-state index contributed by atoms with van der Waals surface area (Å²) in [6.45, 7) is 2.24. The molecule has 32 heavy (non-hydrogen) atoms. The van der Waals surface area contributed by atoms with Gasteiger partial charge in [0.1, 0.15) is 6.54 Å². The minimum Gasteiger partial charge on any atom is -0.465 e. The SMILES string of the molecule is CCOC(=O)Cn1c2c(c3ccccc31)C[C@@H](NC(=O)NS(=O)(=O)c1ccccc1)CC2. The molecule has 0 fully saturated rings. The predicted molar refractivity (Wildman–Crippen MR) is 120 cm³/mol. The molecule has 0 spiro atoms. The normalized spacial score (nSPS) is 15.7. The summed E-state index contributed by atoms with van der Waals surface area (Å²) in [6, 6.07) is 14.6. The fraction of sp³-hybridized carbons (Fsp3) is 0.304. The Bertz CT molecular complexity index is 1250. The summed E-state index contributed by atoms with van der Waals surface area (Å²) in [7, 11) is -3.94. The summed E-state index contributed by atoms with van der Waals surface area (Å²) in [5.41, 5.74) is 3.06. The van der Waals surface area contributed by atoms with Crippen LogP contribution in [0.1, 0.15) is 24.6 Å². The lowest BCUT2D eigenvalue weighted by molar-refractivity contribution is -0.143. The van der Waals surface area contributed by atoms with E-state index in [2.05, 4.69) is 10.0 Å². The summed E-state index contributed by atoms with van der Waals surface area (Å²) in [6.07, 6.45) is 1.83. The lowest BCUT2D eigenvalue weighted by Gasteiger charge is -2.25. The number of ether oxygens (including phenoxy) is 1. The maximum absolute atomic E-state index is 12.4. The van der Waals surface area contributed by atoms with Crippen LogP contribution in [0.25, 0.3) is 10.9 Å². The molecule has 3 aromatic rings. The van der Waals surface area contributed by atoms with Crippen molar-refractivity contribution in [2.24, 2.45) is 0 Å². The minimum atomic E-state index is -3.94. The Morgan fingerprint density at radius 1 is 1.09 bits per heavy atom. The third kappa shape index (κ3) is 4.47. The molecule has 1 atom stereocenters. The van der Waals surface area contributed by atoms with Crippen molar-refractivity contribution in [3.8, 4) is 0 Å². The van der Waals surface area contributed by atoms with Crippen LogP contribution in [-0.4, -0.2) is 37.6 Å². The zero-order valence-corrected chi connectivity index (χ0v) is 18.5. The average molecular weight is 456 g/mol. The predicted octanol–water partition coefficient (Wildman–Crippen LogP) is 2.75. The Hall–Kier alpha value is -3.33. The van der Waals surface area contributed by atoms with Gasteiger partial charge in [-0.2, -0.15) is 0 Å². The van der Waals surface area contributed by atoms with Gasteiger partial charge in [0, 0.05) is 22.6 Å². The smallest absolute Gasteiger partial charge is 0.328 e. The van der Waals surface area contributed by atoms with Crippen molar-refractivity contribution in [2.75, 3.05) is 6.61 Å². The van der Waals surface area contributed by atoms with Crippen molar-refractivity contribution >= 4 is 32.9 Å². The standard InChI is InChI=1S/C23H25N3O5S/c1-2-31-22(27)15-26-20-11-7-6-10-18(20)19-14-16(12-13-21(19)26)24-23(28)25-32(29,30)17-8-4-3-5-9-17/h3-11,16H,2,12-15H2,1H3,(H2,24,25,28)/t16-/m0/s1. The fourth-order valence-corrected chi connectivity index (χ4v) is 5.17. The van der Waals surface area contributed by atoms with Crippen LogP contribution in [-0.2, 0) is 38.9 Å². The molecule has 0 radical (unpaired) electrons. The van der Waals surface area contributed by atoms with Gasteiger partial charge in [0.15, 0.2) is 0 Å². The maximum atomic E-state index is 12.4. The van der Waals surface area contributed by atoms with Crippen LogP contribution in [0, 0.1) is 0 Å². The topological polar surface area (TPSA) is 106 Å². The van der Waals surface area contributed by atoms with Gasteiger partial charge in [0.25, 0.3) is 10.0 Å². The molecule has 8 nitrogen and oxygen atoms in total. The van der Waals surface area contributed by atoms with E-state index in [1.165, 1.54) is 12.1 Å². The number of fused-ring (bicyclic) bond motifs is 3. The van der Waals surface area contributed by atoms with E-state index < -0.39 is 16.1 Å². The van der Waals surface area contributed by atoms with Crippen molar-refractivity contribution in [3.05, 3.63) is 65.9 Å². The van der Waals surface area contributed by atoms with Crippen LogP contribution in [0.15, 0.2) is 59.5 Å². The Balaban J connectivity index is 1.51. The van der Waals surface area contributed by atoms with E-state index in [1.807, 2.05) is 28.8 Å². The van der Waals surface area contributed by atoms with Gasteiger partial charge in [-0.25, -0.2) is 17.9 Å². The number of nitrogens with zero attached hydrogens (tertiary/aromatic N) is 1. The summed E-state index contributed by atoms with van der Waals surface area (Å²) in [4.78, 5) is 24.6. The quantitative estimate of drug-likeness (QED) is 0.556. The molecule has 168 valence electrons. The molecular formula is C23H25N3O5S. The van der Waals surface area contributed by atoms with Crippen LogP contribution in [0.3, 0.4) is 0 Å². The van der Waals surface area contributed by atoms with Crippen LogP contribution >= 0.6 is 0 Å². The largest absolute Gasteiger partial charge is 0.465 e. The summed E-state index contributed by atoms with van der Waals surface area (Å²) in [5, 5.41) is 3.81. The van der Waals surface area contributed by atoms with Crippen molar-refractivity contribution in [1.29, 1.82) is 0 Å². The number of sulfonamides is 1. The average Bonchev–Trinajstić information content (AvgIpc) is 3.07. The highest BCUT2D eigenvalue weighted by Crippen LogP contribution is 2.32. The molecule has 0 unspecified atom stereocenters. The molecule has 9 heteroatoms. The highest BCUT2D eigenvalue weighted by Gasteiger charge is 2.28. The van der Waals surface area contributed by atoms with Crippen LogP contribution < -0.4 is 10.0 Å². The molecule has 1 aliphatic carbocycles. The zero-order chi connectivity index (χ0) is 22.7. The molecule has 2 N–H and O–H groups in total. The van der Waals surface area contributed by atoms with Crippen LogP contribution in [0.2, 0.25) is 0 Å². The molecule has 1 aliphatic rings. The molecule has 0 saturated carbocycles. The van der Waals surface area contributed by atoms with Crippen LogP contribution in [0.5, 0.6) is 0 Å². The van der Waals surface area contributed by atoms with Gasteiger partial charge in [-0.1, -0.05) is 36.4 Å². The lowest BCUT2D eigenvalue weighted by Crippen LogP contribution is -2.46. The number of aromatic nitrogens is 1. The third-order valence-electron chi connectivity index (χ3n) is 5.58. The first kappa shape index (κ1) is 21.9. The van der Waals surface area contributed by atoms with E-state index in [9.17, 15) is 18.0 Å². The van der Waals surface area contributed by atoms with Crippen molar-refractivity contribution < 1.29 is 22.7 Å². The van der Waals surface area contributed by atoms with E-state index in [0.29, 0.717) is 25.9 Å². The molecule has 1 heterocycles. The van der Waals surface area contributed by atoms with Crippen molar-refractivity contribution in [2.45, 2.75) is 43.7 Å². The van der Waals surface area contributed by atoms with Gasteiger partial charge >= 0.3 is 12.0 Å². The number of urea groups is 1. The molecule has 1 aromatic heterocycles. The first-order valence-corrected chi connectivity index (χ1v) is 12.0. The van der Waals surface area contributed by atoms with Gasteiger partial charge in [-0.3, -0.25) is 4.79 Å². The number of carbonyl (C=O) groups is 2. The number of carbonyl (C=O) groups excluding carboxylic acids is 2. The second kappa shape index (κ2) is 9.04. The van der Waals surface area contributed by atoms with Gasteiger partial charge in [-0.15, -0.1) is 0 Å². The number of benzene rings is 2. The van der Waals surface area contributed by atoms with Crippen molar-refractivity contribution in [1.82, 2.24) is 14.6 Å².